The number of morpholine rings is 1. The largest absolute Gasteiger partial charge is 0.369 e. The Balaban J connectivity index is 2.21. The van der Waals surface area contributed by atoms with Gasteiger partial charge in [-0.15, -0.1) is 0 Å². The molecule has 4 heteroatoms. The average Bonchev–Trinajstić information content (AvgIpc) is 2.14. The van der Waals surface area contributed by atoms with E-state index >= 15 is 0 Å². The van der Waals surface area contributed by atoms with Gasteiger partial charge in [-0.2, -0.15) is 0 Å². The summed E-state index contributed by atoms with van der Waals surface area (Å²) in [6.07, 6.45) is 0.213. The Kier molecular flexibility index (Phi) is 3.08. The molecule has 0 aliphatic carbocycles. The summed E-state index contributed by atoms with van der Waals surface area (Å²) in [6.45, 7) is 7.97. The van der Waals surface area contributed by atoms with Gasteiger partial charge in [-0.05, 0) is 32.9 Å². The number of anilines is 1. The highest BCUT2D eigenvalue weighted by atomic mass is 35.5. The first-order valence-electron chi connectivity index (χ1n) is 5.52. The van der Waals surface area contributed by atoms with Crippen LogP contribution in [0.3, 0.4) is 0 Å². The Labute approximate surface area is 101 Å². The maximum atomic E-state index is 5.90. The van der Waals surface area contributed by atoms with Gasteiger partial charge in [-0.1, -0.05) is 17.7 Å². The SMILES string of the molecule is CC1CN(c2cccc(Cl)n2)CC(C)(C)O1. The molecule has 16 heavy (non-hydrogen) atoms. The van der Waals surface area contributed by atoms with Crippen LogP contribution < -0.4 is 4.90 Å². The van der Waals surface area contributed by atoms with E-state index in [0.717, 1.165) is 18.9 Å². The molecule has 3 nitrogen and oxygen atoms in total. The van der Waals surface area contributed by atoms with E-state index in [1.165, 1.54) is 0 Å². The Bertz CT molecular complexity index is 381. The number of ether oxygens (including phenoxy) is 1. The summed E-state index contributed by atoms with van der Waals surface area (Å²) in [5.41, 5.74) is -0.137. The van der Waals surface area contributed by atoms with Crippen molar-refractivity contribution in [3.63, 3.8) is 0 Å². The summed E-state index contributed by atoms with van der Waals surface area (Å²) >= 11 is 5.90. The monoisotopic (exact) mass is 240 g/mol. The fourth-order valence-corrected chi connectivity index (χ4v) is 2.36. The molecule has 88 valence electrons. The molecule has 1 aromatic rings. The van der Waals surface area contributed by atoms with Crippen LogP contribution in [0.25, 0.3) is 0 Å². The molecular weight excluding hydrogens is 224 g/mol. The molecule has 1 aromatic heterocycles. The zero-order valence-corrected chi connectivity index (χ0v) is 10.7. The lowest BCUT2D eigenvalue weighted by Gasteiger charge is -2.42. The molecule has 1 aliphatic rings. The summed E-state index contributed by atoms with van der Waals surface area (Å²) in [5, 5.41) is 0.537. The van der Waals surface area contributed by atoms with Crippen LogP contribution in [-0.2, 0) is 4.74 Å². The molecule has 1 unspecified atom stereocenters. The Morgan fingerprint density at radius 3 is 2.88 bits per heavy atom. The van der Waals surface area contributed by atoms with E-state index in [1.54, 1.807) is 6.07 Å². The molecule has 1 fully saturated rings. The molecular formula is C12H17ClN2O. The second kappa shape index (κ2) is 4.22. The molecule has 0 bridgehead atoms. The van der Waals surface area contributed by atoms with Crippen LogP contribution in [0.5, 0.6) is 0 Å². The molecule has 1 atom stereocenters. The van der Waals surface area contributed by atoms with E-state index < -0.39 is 0 Å². The highest BCUT2D eigenvalue weighted by Gasteiger charge is 2.31. The summed E-state index contributed by atoms with van der Waals surface area (Å²) in [7, 11) is 0. The van der Waals surface area contributed by atoms with Crippen molar-refractivity contribution >= 4 is 17.4 Å². The maximum Gasteiger partial charge on any atom is 0.131 e. The van der Waals surface area contributed by atoms with E-state index in [0.29, 0.717) is 5.15 Å². The first-order valence-corrected chi connectivity index (χ1v) is 5.89. The van der Waals surface area contributed by atoms with Gasteiger partial charge in [0.05, 0.1) is 11.7 Å². The predicted molar refractivity (Wildman–Crippen MR) is 66.1 cm³/mol. The first kappa shape index (κ1) is 11.7. The number of hydrogen-bond donors (Lipinski definition) is 0. The summed E-state index contributed by atoms with van der Waals surface area (Å²) in [6, 6.07) is 5.71. The van der Waals surface area contributed by atoms with Gasteiger partial charge >= 0.3 is 0 Å². The fourth-order valence-electron chi connectivity index (χ4n) is 2.20. The van der Waals surface area contributed by atoms with Gasteiger partial charge in [-0.25, -0.2) is 4.98 Å². The van der Waals surface area contributed by atoms with Crippen LogP contribution >= 0.6 is 11.6 Å². The predicted octanol–water partition coefficient (Wildman–Crippen LogP) is 2.74. The van der Waals surface area contributed by atoms with Crippen molar-refractivity contribution in [3.05, 3.63) is 23.4 Å². The summed E-state index contributed by atoms with van der Waals surface area (Å²) in [5.74, 6) is 0.927. The van der Waals surface area contributed by atoms with Crippen molar-refractivity contribution in [3.8, 4) is 0 Å². The van der Waals surface area contributed by atoms with Crippen LogP contribution in [-0.4, -0.2) is 29.8 Å². The number of hydrogen-bond acceptors (Lipinski definition) is 3. The van der Waals surface area contributed by atoms with E-state index in [1.807, 2.05) is 12.1 Å². The molecule has 1 aliphatic heterocycles. The van der Waals surface area contributed by atoms with Crippen molar-refractivity contribution in [2.24, 2.45) is 0 Å². The van der Waals surface area contributed by atoms with Crippen LogP contribution in [0.1, 0.15) is 20.8 Å². The van der Waals surface area contributed by atoms with E-state index in [-0.39, 0.29) is 11.7 Å². The van der Waals surface area contributed by atoms with Crippen molar-refractivity contribution in [2.75, 3.05) is 18.0 Å². The molecule has 1 saturated heterocycles. The minimum Gasteiger partial charge on any atom is -0.369 e. The van der Waals surface area contributed by atoms with Gasteiger partial charge in [0.15, 0.2) is 0 Å². The van der Waals surface area contributed by atoms with Gasteiger partial charge in [0.25, 0.3) is 0 Å². The normalized spacial score (nSPS) is 24.5. The molecule has 0 amide bonds. The lowest BCUT2D eigenvalue weighted by molar-refractivity contribution is -0.0751. The van der Waals surface area contributed by atoms with Crippen LogP contribution in [0.15, 0.2) is 18.2 Å². The van der Waals surface area contributed by atoms with Gasteiger partial charge in [0, 0.05) is 13.1 Å². The molecule has 2 heterocycles. The Morgan fingerprint density at radius 2 is 2.25 bits per heavy atom. The molecule has 0 aromatic carbocycles. The van der Waals surface area contributed by atoms with Crippen molar-refractivity contribution in [1.29, 1.82) is 0 Å². The highest BCUT2D eigenvalue weighted by molar-refractivity contribution is 6.29. The standard InChI is InChI=1S/C12H17ClN2O/c1-9-7-15(8-12(2,3)16-9)11-6-4-5-10(13)14-11/h4-6,9H,7-8H2,1-3H3. The average molecular weight is 241 g/mol. The van der Waals surface area contributed by atoms with Gasteiger partial charge in [-0.3, -0.25) is 0 Å². The minimum atomic E-state index is -0.137. The van der Waals surface area contributed by atoms with E-state index in [4.69, 9.17) is 16.3 Å². The lowest BCUT2D eigenvalue weighted by atomic mass is 10.1. The number of halogens is 1. The van der Waals surface area contributed by atoms with Gasteiger partial charge in [0.2, 0.25) is 0 Å². The zero-order chi connectivity index (χ0) is 11.8. The van der Waals surface area contributed by atoms with Gasteiger partial charge < -0.3 is 9.64 Å². The zero-order valence-electron chi connectivity index (χ0n) is 9.90. The summed E-state index contributed by atoms with van der Waals surface area (Å²) < 4.78 is 5.85. The van der Waals surface area contributed by atoms with Gasteiger partial charge in [0.1, 0.15) is 11.0 Å². The Hall–Kier alpha value is -0.800. The molecule has 0 N–H and O–H groups in total. The fraction of sp³-hybridized carbons (Fsp3) is 0.583. The highest BCUT2D eigenvalue weighted by Crippen LogP contribution is 2.25. The third-order valence-corrected chi connectivity index (χ3v) is 2.80. The quantitative estimate of drug-likeness (QED) is 0.706. The maximum absolute atomic E-state index is 5.90. The molecule has 0 spiro atoms. The van der Waals surface area contributed by atoms with E-state index in [9.17, 15) is 0 Å². The lowest BCUT2D eigenvalue weighted by Crippen LogP contribution is -2.52. The number of pyridine rings is 1. The Morgan fingerprint density at radius 1 is 1.50 bits per heavy atom. The topological polar surface area (TPSA) is 25.4 Å². The molecule has 0 radical (unpaired) electrons. The van der Waals surface area contributed by atoms with Crippen LogP contribution in [0.4, 0.5) is 5.82 Å². The van der Waals surface area contributed by atoms with Crippen molar-refractivity contribution in [2.45, 2.75) is 32.5 Å². The smallest absolute Gasteiger partial charge is 0.131 e. The van der Waals surface area contributed by atoms with Crippen molar-refractivity contribution < 1.29 is 4.74 Å². The van der Waals surface area contributed by atoms with Crippen LogP contribution in [0.2, 0.25) is 5.15 Å². The number of rotatable bonds is 1. The molecule has 2 rings (SSSR count). The van der Waals surface area contributed by atoms with Crippen LogP contribution in [0, 0.1) is 0 Å². The van der Waals surface area contributed by atoms with Crippen molar-refractivity contribution in [1.82, 2.24) is 4.98 Å². The third-order valence-electron chi connectivity index (χ3n) is 2.59. The third kappa shape index (κ3) is 2.66. The number of aromatic nitrogens is 1. The second-order valence-electron chi connectivity index (χ2n) is 4.89. The summed E-state index contributed by atoms with van der Waals surface area (Å²) in [4.78, 5) is 6.55. The second-order valence-corrected chi connectivity index (χ2v) is 5.27. The minimum absolute atomic E-state index is 0.137. The number of nitrogens with zero attached hydrogens (tertiary/aromatic N) is 2. The van der Waals surface area contributed by atoms with E-state index in [2.05, 4.69) is 30.7 Å². The molecule has 0 saturated carbocycles. The first-order chi connectivity index (χ1) is 7.46.